The summed E-state index contributed by atoms with van der Waals surface area (Å²) in [6.07, 6.45) is 0.344. The third-order valence-corrected chi connectivity index (χ3v) is 4.64. The van der Waals surface area contributed by atoms with Crippen LogP contribution in [0.5, 0.6) is 0 Å². The highest BCUT2D eigenvalue weighted by Gasteiger charge is 2.33. The van der Waals surface area contributed by atoms with Crippen molar-refractivity contribution in [3.63, 3.8) is 0 Å². The van der Waals surface area contributed by atoms with Gasteiger partial charge in [0.15, 0.2) is 0 Å². The zero-order valence-corrected chi connectivity index (χ0v) is 14.4. The van der Waals surface area contributed by atoms with Gasteiger partial charge in [-0.05, 0) is 23.8 Å². The Kier molecular flexibility index (Phi) is 6.22. The predicted molar refractivity (Wildman–Crippen MR) is 91.0 cm³/mol. The molecular weight excluding hydrogens is 332 g/mol. The zero-order chi connectivity index (χ0) is 17.7. The van der Waals surface area contributed by atoms with Crippen molar-refractivity contribution in [2.45, 2.75) is 26.0 Å². The lowest BCUT2D eigenvalue weighted by atomic mass is 10.1. The molecule has 0 aromatic heterocycles. The zero-order valence-electron chi connectivity index (χ0n) is 13.6. The van der Waals surface area contributed by atoms with Crippen molar-refractivity contribution in [3.8, 4) is 0 Å². The molecule has 1 heterocycles. The highest BCUT2D eigenvalue weighted by molar-refractivity contribution is 7.99. The summed E-state index contributed by atoms with van der Waals surface area (Å²) in [4.78, 5) is 37.2. The van der Waals surface area contributed by atoms with Crippen LogP contribution in [0, 0.1) is 0 Å². The van der Waals surface area contributed by atoms with Crippen molar-refractivity contribution in [3.05, 3.63) is 29.3 Å². The summed E-state index contributed by atoms with van der Waals surface area (Å²) in [6.45, 7) is 2.00. The van der Waals surface area contributed by atoms with Gasteiger partial charge in [-0.15, -0.1) is 11.8 Å². The predicted octanol–water partition coefficient (Wildman–Crippen LogP) is 1.78. The molecule has 1 aromatic rings. The molecule has 0 saturated carbocycles. The molecule has 2 N–H and O–H groups in total. The number of carboxylic acid groups (broad SMARTS) is 1. The first-order chi connectivity index (χ1) is 11.5. The number of nitrogens with zero attached hydrogens (tertiary/aromatic N) is 1. The summed E-state index contributed by atoms with van der Waals surface area (Å²) in [5.74, 6) is -0.439. The van der Waals surface area contributed by atoms with Crippen LogP contribution >= 0.6 is 11.8 Å². The van der Waals surface area contributed by atoms with E-state index in [1.165, 1.54) is 31.0 Å². The average Bonchev–Trinajstić information content (AvgIpc) is 3.04. The molecule has 0 bridgehead atoms. The SMILES string of the molecule is CCC(=O)N1CSCC1C(=O)Nc1cc(COC)cc(C(=O)O)c1. The van der Waals surface area contributed by atoms with E-state index in [0.29, 0.717) is 29.3 Å². The van der Waals surface area contributed by atoms with Crippen LogP contribution in [-0.2, 0) is 20.9 Å². The minimum atomic E-state index is -1.08. The maximum Gasteiger partial charge on any atom is 0.335 e. The number of thioether (sulfide) groups is 1. The maximum absolute atomic E-state index is 12.5. The van der Waals surface area contributed by atoms with Crippen molar-refractivity contribution in [1.82, 2.24) is 4.90 Å². The van der Waals surface area contributed by atoms with Gasteiger partial charge < -0.3 is 20.1 Å². The molecule has 1 fully saturated rings. The van der Waals surface area contributed by atoms with Gasteiger partial charge in [-0.1, -0.05) is 6.92 Å². The quantitative estimate of drug-likeness (QED) is 0.810. The molecule has 24 heavy (non-hydrogen) atoms. The Hall–Kier alpha value is -2.06. The van der Waals surface area contributed by atoms with Crippen molar-refractivity contribution in [1.29, 1.82) is 0 Å². The minimum absolute atomic E-state index is 0.0699. The summed E-state index contributed by atoms with van der Waals surface area (Å²) in [6, 6.07) is 4.02. The van der Waals surface area contributed by atoms with Gasteiger partial charge in [0, 0.05) is 25.0 Å². The molecule has 1 aliphatic rings. The molecular formula is C16H20N2O5S. The van der Waals surface area contributed by atoms with Crippen LogP contribution in [0.25, 0.3) is 0 Å². The Labute approximate surface area is 144 Å². The first-order valence-corrected chi connectivity index (χ1v) is 8.66. The molecule has 1 aliphatic heterocycles. The Morgan fingerprint density at radius 2 is 2.12 bits per heavy atom. The first-order valence-electron chi connectivity index (χ1n) is 7.50. The largest absolute Gasteiger partial charge is 0.478 e. The third kappa shape index (κ3) is 4.27. The van der Waals surface area contributed by atoms with Crippen LogP contribution in [0.4, 0.5) is 5.69 Å². The number of carboxylic acids is 1. The van der Waals surface area contributed by atoms with E-state index in [1.807, 2.05) is 0 Å². The van der Waals surface area contributed by atoms with Crippen LogP contribution in [0.3, 0.4) is 0 Å². The normalized spacial score (nSPS) is 16.9. The lowest BCUT2D eigenvalue weighted by Gasteiger charge is -2.22. The number of rotatable bonds is 6. The molecule has 1 unspecified atom stereocenters. The lowest BCUT2D eigenvalue weighted by molar-refractivity contribution is -0.135. The third-order valence-electron chi connectivity index (χ3n) is 3.63. The van der Waals surface area contributed by atoms with Gasteiger partial charge in [-0.2, -0.15) is 0 Å². The van der Waals surface area contributed by atoms with Gasteiger partial charge in [-0.25, -0.2) is 4.79 Å². The van der Waals surface area contributed by atoms with Gasteiger partial charge in [0.05, 0.1) is 18.0 Å². The molecule has 0 spiro atoms. The number of methoxy groups -OCH3 is 1. The van der Waals surface area contributed by atoms with Crippen molar-refractivity contribution >= 4 is 35.2 Å². The standard InChI is InChI=1S/C16H20N2O5S/c1-3-14(19)18-9-24-8-13(18)15(20)17-12-5-10(7-23-2)4-11(6-12)16(21)22/h4-6,13H,3,7-9H2,1-2H3,(H,17,20)(H,21,22). The van der Waals surface area contributed by atoms with Crippen molar-refractivity contribution in [2.24, 2.45) is 0 Å². The number of carbonyl (C=O) groups excluding carboxylic acids is 2. The average molecular weight is 352 g/mol. The number of anilines is 1. The fraction of sp³-hybridized carbons (Fsp3) is 0.438. The van der Waals surface area contributed by atoms with Crippen LogP contribution < -0.4 is 5.32 Å². The summed E-state index contributed by atoms with van der Waals surface area (Å²) >= 11 is 1.52. The highest BCUT2D eigenvalue weighted by atomic mass is 32.2. The number of hydrogen-bond donors (Lipinski definition) is 2. The second-order valence-corrected chi connectivity index (χ2v) is 6.38. The summed E-state index contributed by atoms with van der Waals surface area (Å²) in [5.41, 5.74) is 1.10. The number of ether oxygens (including phenoxy) is 1. The number of carbonyl (C=O) groups is 3. The van der Waals surface area contributed by atoms with E-state index >= 15 is 0 Å². The minimum Gasteiger partial charge on any atom is -0.478 e. The van der Waals surface area contributed by atoms with E-state index in [-0.39, 0.29) is 24.0 Å². The monoisotopic (exact) mass is 352 g/mol. The van der Waals surface area contributed by atoms with Crippen molar-refractivity contribution < 1.29 is 24.2 Å². The van der Waals surface area contributed by atoms with Gasteiger partial charge in [0.25, 0.3) is 0 Å². The molecule has 2 amide bonds. The first kappa shape index (κ1) is 18.3. The second kappa shape index (κ2) is 8.16. The number of nitrogens with one attached hydrogen (secondary N) is 1. The molecule has 130 valence electrons. The van der Waals surface area contributed by atoms with Crippen LogP contribution in [0.1, 0.15) is 29.3 Å². The van der Waals surface area contributed by atoms with E-state index < -0.39 is 12.0 Å². The Bertz CT molecular complexity index is 649. The second-order valence-electron chi connectivity index (χ2n) is 5.38. The molecule has 1 saturated heterocycles. The molecule has 0 aliphatic carbocycles. The smallest absolute Gasteiger partial charge is 0.335 e. The highest BCUT2D eigenvalue weighted by Crippen LogP contribution is 2.24. The molecule has 7 nitrogen and oxygen atoms in total. The van der Waals surface area contributed by atoms with Crippen molar-refractivity contribution in [2.75, 3.05) is 24.1 Å². The summed E-state index contributed by atoms with van der Waals surface area (Å²) < 4.78 is 5.02. The van der Waals surface area contributed by atoms with E-state index in [9.17, 15) is 19.5 Å². The number of hydrogen-bond acceptors (Lipinski definition) is 5. The molecule has 2 rings (SSSR count). The Morgan fingerprint density at radius 1 is 1.38 bits per heavy atom. The van der Waals surface area contributed by atoms with Crippen LogP contribution in [0.15, 0.2) is 18.2 Å². The summed E-state index contributed by atoms with van der Waals surface area (Å²) in [5, 5.41) is 11.9. The van der Waals surface area contributed by atoms with Gasteiger partial charge in [-0.3, -0.25) is 9.59 Å². The number of amides is 2. The summed E-state index contributed by atoms with van der Waals surface area (Å²) in [7, 11) is 1.51. The Morgan fingerprint density at radius 3 is 2.75 bits per heavy atom. The van der Waals surface area contributed by atoms with E-state index in [4.69, 9.17) is 4.74 Å². The van der Waals surface area contributed by atoms with E-state index in [1.54, 1.807) is 17.9 Å². The van der Waals surface area contributed by atoms with Gasteiger partial charge >= 0.3 is 5.97 Å². The molecule has 1 atom stereocenters. The molecule has 8 heteroatoms. The molecule has 0 radical (unpaired) electrons. The van der Waals surface area contributed by atoms with Gasteiger partial charge in [0.1, 0.15) is 6.04 Å². The van der Waals surface area contributed by atoms with E-state index in [2.05, 4.69) is 5.32 Å². The molecule has 1 aromatic carbocycles. The maximum atomic E-state index is 12.5. The fourth-order valence-electron chi connectivity index (χ4n) is 2.47. The lowest BCUT2D eigenvalue weighted by Crippen LogP contribution is -2.44. The van der Waals surface area contributed by atoms with Gasteiger partial charge in [0.2, 0.25) is 11.8 Å². The van der Waals surface area contributed by atoms with Crippen LogP contribution in [0.2, 0.25) is 0 Å². The topological polar surface area (TPSA) is 95.9 Å². The van der Waals surface area contributed by atoms with Crippen LogP contribution in [-0.4, -0.2) is 52.6 Å². The number of benzene rings is 1. The Balaban J connectivity index is 2.18. The number of aromatic carboxylic acids is 1. The van der Waals surface area contributed by atoms with E-state index in [0.717, 1.165) is 0 Å². The fourth-order valence-corrected chi connectivity index (χ4v) is 3.65.